The number of hydrogen-bond acceptors (Lipinski definition) is 1. The monoisotopic (exact) mass is 226 g/mol. The van der Waals surface area contributed by atoms with E-state index in [2.05, 4.69) is 0 Å². The predicted molar refractivity (Wildman–Crippen MR) is 47.8 cm³/mol. The second kappa shape index (κ2) is 2.77. The molecule has 0 fully saturated rings. The van der Waals surface area contributed by atoms with E-state index in [1.165, 1.54) is 4.26 Å². The number of hydrogen-bond donors (Lipinski definition) is 1. The standard InChI is InChI=1S/C9H6O2Se/c10-9(11)8-5-6-3-1-2-4-7(6)12-8/h1-5H,(H,10,11). The SMILES string of the molecule is O=C(O)c1cc2ccccc2[se]1. The Hall–Kier alpha value is -1.05. The summed E-state index contributed by atoms with van der Waals surface area (Å²) < 4.78 is 1.71. The third kappa shape index (κ3) is 1.17. The van der Waals surface area contributed by atoms with Gasteiger partial charge in [0.1, 0.15) is 0 Å². The first-order valence-corrected chi connectivity index (χ1v) is 5.20. The Morgan fingerprint density at radius 1 is 1.33 bits per heavy atom. The van der Waals surface area contributed by atoms with Crippen molar-refractivity contribution in [2.24, 2.45) is 0 Å². The van der Waals surface area contributed by atoms with E-state index in [1.807, 2.05) is 24.3 Å². The van der Waals surface area contributed by atoms with E-state index in [0.29, 0.717) is 4.44 Å². The van der Waals surface area contributed by atoms with Gasteiger partial charge in [0, 0.05) is 0 Å². The molecular formula is C9H6O2Se. The van der Waals surface area contributed by atoms with Gasteiger partial charge in [0.25, 0.3) is 0 Å². The van der Waals surface area contributed by atoms with Gasteiger partial charge < -0.3 is 0 Å². The molecule has 3 heteroatoms. The number of carboxylic acid groups (broad SMARTS) is 1. The topological polar surface area (TPSA) is 37.3 Å². The van der Waals surface area contributed by atoms with E-state index < -0.39 is 5.97 Å². The van der Waals surface area contributed by atoms with Gasteiger partial charge in [0.15, 0.2) is 0 Å². The van der Waals surface area contributed by atoms with Crippen LogP contribution in [0.2, 0.25) is 0 Å². The molecule has 0 aliphatic heterocycles. The molecule has 0 aliphatic carbocycles. The van der Waals surface area contributed by atoms with E-state index in [0.717, 1.165) is 5.39 Å². The van der Waals surface area contributed by atoms with Crippen LogP contribution in [0.3, 0.4) is 0 Å². The average molecular weight is 225 g/mol. The van der Waals surface area contributed by atoms with Crippen molar-refractivity contribution in [2.45, 2.75) is 0 Å². The zero-order chi connectivity index (χ0) is 8.55. The van der Waals surface area contributed by atoms with Crippen LogP contribution in [0.25, 0.3) is 9.65 Å². The van der Waals surface area contributed by atoms with Crippen molar-refractivity contribution in [3.05, 3.63) is 34.8 Å². The first-order valence-electron chi connectivity index (χ1n) is 3.49. The third-order valence-corrected chi connectivity index (χ3v) is 3.95. The van der Waals surface area contributed by atoms with E-state index in [1.54, 1.807) is 6.07 Å². The van der Waals surface area contributed by atoms with Crippen molar-refractivity contribution in [1.82, 2.24) is 0 Å². The predicted octanol–water partition coefficient (Wildman–Crippen LogP) is 1.59. The fourth-order valence-electron chi connectivity index (χ4n) is 1.09. The molecule has 0 unspecified atom stereocenters. The molecule has 0 bridgehead atoms. The maximum atomic E-state index is 10.6. The van der Waals surface area contributed by atoms with Crippen molar-refractivity contribution in [3.8, 4) is 0 Å². The normalized spacial score (nSPS) is 10.3. The molecule has 1 N–H and O–H groups in total. The van der Waals surface area contributed by atoms with Gasteiger partial charge in [-0.1, -0.05) is 0 Å². The zero-order valence-electron chi connectivity index (χ0n) is 6.15. The molecule has 60 valence electrons. The fraction of sp³-hybridized carbons (Fsp3) is 0. The van der Waals surface area contributed by atoms with E-state index in [4.69, 9.17) is 5.11 Å². The Labute approximate surface area is 75.2 Å². The van der Waals surface area contributed by atoms with E-state index in [9.17, 15) is 4.79 Å². The van der Waals surface area contributed by atoms with Crippen LogP contribution in [0.5, 0.6) is 0 Å². The van der Waals surface area contributed by atoms with Crippen molar-refractivity contribution in [3.63, 3.8) is 0 Å². The van der Waals surface area contributed by atoms with Crippen LogP contribution in [0.15, 0.2) is 30.3 Å². The van der Waals surface area contributed by atoms with Gasteiger partial charge in [0.2, 0.25) is 0 Å². The molecule has 0 spiro atoms. The summed E-state index contributed by atoms with van der Waals surface area (Å²) in [7, 11) is 0. The number of benzene rings is 1. The van der Waals surface area contributed by atoms with Gasteiger partial charge in [-0.05, 0) is 0 Å². The third-order valence-electron chi connectivity index (χ3n) is 1.64. The van der Waals surface area contributed by atoms with Crippen molar-refractivity contribution >= 4 is 30.1 Å². The first kappa shape index (κ1) is 7.59. The van der Waals surface area contributed by atoms with Crippen LogP contribution in [-0.4, -0.2) is 25.6 Å². The molecule has 2 nitrogen and oxygen atoms in total. The molecule has 0 saturated heterocycles. The number of carbonyl (C=O) groups is 1. The molecule has 0 saturated carbocycles. The van der Waals surface area contributed by atoms with E-state index in [-0.39, 0.29) is 14.5 Å². The Morgan fingerprint density at radius 2 is 2.08 bits per heavy atom. The molecule has 0 radical (unpaired) electrons. The van der Waals surface area contributed by atoms with Crippen LogP contribution in [0.4, 0.5) is 0 Å². The minimum absolute atomic E-state index is 0.00241. The fourth-order valence-corrected chi connectivity index (χ4v) is 2.98. The number of rotatable bonds is 1. The summed E-state index contributed by atoms with van der Waals surface area (Å²) in [5.41, 5.74) is 0. The van der Waals surface area contributed by atoms with Crippen molar-refractivity contribution < 1.29 is 9.90 Å². The molecule has 0 amide bonds. The second-order valence-corrected chi connectivity index (χ2v) is 4.73. The molecule has 12 heavy (non-hydrogen) atoms. The van der Waals surface area contributed by atoms with Crippen LogP contribution in [0.1, 0.15) is 9.23 Å². The Morgan fingerprint density at radius 3 is 2.75 bits per heavy atom. The van der Waals surface area contributed by atoms with Crippen LogP contribution in [0, 0.1) is 0 Å². The average Bonchev–Trinajstić information content (AvgIpc) is 2.46. The van der Waals surface area contributed by atoms with Gasteiger partial charge in [-0.25, -0.2) is 0 Å². The molecule has 2 aromatic rings. The molecule has 1 aromatic heterocycles. The number of aromatic carboxylic acids is 1. The van der Waals surface area contributed by atoms with Crippen molar-refractivity contribution in [1.29, 1.82) is 0 Å². The Kier molecular flexibility index (Phi) is 1.75. The summed E-state index contributed by atoms with van der Waals surface area (Å²) in [4.78, 5) is 10.6. The molecule has 0 aliphatic rings. The quantitative estimate of drug-likeness (QED) is 0.748. The summed E-state index contributed by atoms with van der Waals surface area (Å²) in [6.07, 6.45) is 0. The first-order chi connectivity index (χ1) is 5.77. The number of carboxylic acids is 1. The van der Waals surface area contributed by atoms with Gasteiger partial charge in [-0.3, -0.25) is 0 Å². The zero-order valence-corrected chi connectivity index (χ0v) is 7.86. The van der Waals surface area contributed by atoms with Crippen LogP contribution < -0.4 is 0 Å². The van der Waals surface area contributed by atoms with Gasteiger partial charge in [0.05, 0.1) is 0 Å². The van der Waals surface area contributed by atoms with E-state index >= 15 is 0 Å². The summed E-state index contributed by atoms with van der Waals surface area (Å²) in [5, 5.41) is 9.80. The summed E-state index contributed by atoms with van der Waals surface area (Å²) in [6.45, 7) is 0. The Balaban J connectivity index is 2.70. The minimum atomic E-state index is -0.786. The van der Waals surface area contributed by atoms with Crippen LogP contribution >= 0.6 is 0 Å². The maximum absolute atomic E-state index is 10.6. The summed E-state index contributed by atoms with van der Waals surface area (Å²) in [6, 6.07) is 9.57. The van der Waals surface area contributed by atoms with Crippen LogP contribution in [-0.2, 0) is 0 Å². The number of fused-ring (bicyclic) bond motifs is 1. The molecule has 2 rings (SSSR count). The van der Waals surface area contributed by atoms with Gasteiger partial charge in [-0.15, -0.1) is 0 Å². The molecule has 0 atom stereocenters. The summed E-state index contributed by atoms with van der Waals surface area (Å²) in [5.74, 6) is -0.786. The van der Waals surface area contributed by atoms with Gasteiger partial charge >= 0.3 is 74.8 Å². The summed E-state index contributed by atoms with van der Waals surface area (Å²) >= 11 is 0.00241. The van der Waals surface area contributed by atoms with Gasteiger partial charge in [-0.2, -0.15) is 0 Å². The van der Waals surface area contributed by atoms with Crippen molar-refractivity contribution in [2.75, 3.05) is 0 Å². The second-order valence-electron chi connectivity index (χ2n) is 2.45. The molecular weight excluding hydrogens is 219 g/mol. The molecule has 1 heterocycles. The Bertz CT molecular complexity index is 398. The molecule has 1 aromatic carbocycles.